The van der Waals surface area contributed by atoms with Crippen molar-refractivity contribution in [3.8, 4) is 5.75 Å². The van der Waals surface area contributed by atoms with Gasteiger partial charge in [-0.1, -0.05) is 12.6 Å². The Morgan fingerprint density at radius 2 is 1.95 bits per heavy atom. The Hall–Kier alpha value is -4.52. The zero-order valence-electron chi connectivity index (χ0n) is 20.1. The number of aromatic nitrogens is 1. The molecule has 0 spiro atoms. The van der Waals surface area contributed by atoms with Crippen molar-refractivity contribution in [1.29, 1.82) is 0 Å². The number of hydrogen-bond acceptors (Lipinski definition) is 8. The SMILES string of the molecule is C=C(N1Cc2ccc(OC)c(F)c2C1=O)C1(c2cc3nc(N4CCOCC4)c(F)cc3o2)NC(=O)NC1=O. The smallest absolute Gasteiger partial charge is 0.323 e. The molecule has 11 nitrogen and oxygen atoms in total. The van der Waals surface area contributed by atoms with Crippen LogP contribution in [-0.4, -0.2) is 61.1 Å². The molecule has 2 aromatic heterocycles. The quantitative estimate of drug-likeness (QED) is 0.486. The van der Waals surface area contributed by atoms with Gasteiger partial charge in [0.1, 0.15) is 11.3 Å². The van der Waals surface area contributed by atoms with Crippen LogP contribution >= 0.6 is 0 Å². The molecule has 3 aromatic rings. The highest BCUT2D eigenvalue weighted by Crippen LogP contribution is 2.41. The van der Waals surface area contributed by atoms with Gasteiger partial charge in [0.15, 0.2) is 28.8 Å². The van der Waals surface area contributed by atoms with Gasteiger partial charge in [-0.15, -0.1) is 0 Å². The third-order valence-electron chi connectivity index (χ3n) is 6.95. The first kappa shape index (κ1) is 23.9. The molecule has 3 aliphatic heterocycles. The molecule has 0 saturated carbocycles. The minimum absolute atomic E-state index is 0.0162. The number of hydrogen-bond donors (Lipinski definition) is 2. The fourth-order valence-electron chi connectivity index (χ4n) is 5.00. The van der Waals surface area contributed by atoms with Crippen molar-refractivity contribution in [1.82, 2.24) is 20.5 Å². The van der Waals surface area contributed by atoms with Gasteiger partial charge in [-0.05, 0) is 11.6 Å². The fourth-order valence-corrected chi connectivity index (χ4v) is 5.00. The molecule has 2 saturated heterocycles. The molecular weight excluding hydrogens is 504 g/mol. The predicted molar refractivity (Wildman–Crippen MR) is 127 cm³/mol. The third kappa shape index (κ3) is 3.35. The summed E-state index contributed by atoms with van der Waals surface area (Å²) < 4.78 is 46.0. The number of methoxy groups -OCH3 is 1. The number of benzene rings is 1. The summed E-state index contributed by atoms with van der Waals surface area (Å²) in [5.41, 5.74) is -1.91. The Bertz CT molecular complexity index is 1550. The van der Waals surface area contributed by atoms with E-state index in [2.05, 4.69) is 22.2 Å². The summed E-state index contributed by atoms with van der Waals surface area (Å²) in [5, 5.41) is 4.63. The second-order valence-electron chi connectivity index (χ2n) is 9.00. The van der Waals surface area contributed by atoms with E-state index >= 15 is 0 Å². The minimum atomic E-state index is -2.08. The molecule has 6 rings (SSSR count). The Labute approximate surface area is 214 Å². The molecule has 2 N–H and O–H groups in total. The van der Waals surface area contributed by atoms with E-state index in [1.807, 2.05) is 0 Å². The Morgan fingerprint density at radius 3 is 2.63 bits per heavy atom. The van der Waals surface area contributed by atoms with Crippen molar-refractivity contribution in [2.75, 3.05) is 38.3 Å². The van der Waals surface area contributed by atoms with E-state index in [9.17, 15) is 23.2 Å². The van der Waals surface area contributed by atoms with Gasteiger partial charge < -0.3 is 29.0 Å². The normalized spacial score (nSPS) is 21.1. The number of carbonyl (C=O) groups excluding carboxylic acids is 3. The van der Waals surface area contributed by atoms with Gasteiger partial charge in [0.05, 0.1) is 38.1 Å². The molecule has 13 heteroatoms. The van der Waals surface area contributed by atoms with Crippen LogP contribution in [0.2, 0.25) is 0 Å². The minimum Gasteiger partial charge on any atom is -0.494 e. The van der Waals surface area contributed by atoms with E-state index < -0.39 is 35.0 Å². The molecule has 1 atom stereocenters. The van der Waals surface area contributed by atoms with E-state index in [0.29, 0.717) is 31.9 Å². The molecule has 2 fully saturated rings. The molecule has 0 radical (unpaired) electrons. The molecule has 0 aliphatic carbocycles. The van der Waals surface area contributed by atoms with Crippen molar-refractivity contribution < 1.29 is 37.1 Å². The second-order valence-corrected chi connectivity index (χ2v) is 9.00. The average Bonchev–Trinajstić information content (AvgIpc) is 3.57. The van der Waals surface area contributed by atoms with Gasteiger partial charge in [0.25, 0.3) is 11.8 Å². The summed E-state index contributed by atoms with van der Waals surface area (Å²) in [5.74, 6) is -3.30. The highest BCUT2D eigenvalue weighted by atomic mass is 19.1. The molecule has 38 heavy (non-hydrogen) atoms. The summed E-state index contributed by atoms with van der Waals surface area (Å²) in [6.45, 7) is 5.54. The topological polar surface area (TPSA) is 126 Å². The van der Waals surface area contributed by atoms with Crippen LogP contribution in [0, 0.1) is 11.6 Å². The van der Waals surface area contributed by atoms with Gasteiger partial charge >= 0.3 is 6.03 Å². The number of imide groups is 1. The van der Waals surface area contributed by atoms with Crippen molar-refractivity contribution in [3.05, 3.63) is 65.1 Å². The Balaban J connectivity index is 1.43. The Kier molecular flexibility index (Phi) is 5.35. The maximum Gasteiger partial charge on any atom is 0.323 e. The number of halogens is 2. The highest BCUT2D eigenvalue weighted by molar-refractivity contribution is 6.10. The number of fused-ring (bicyclic) bond motifs is 2. The Morgan fingerprint density at radius 1 is 1.18 bits per heavy atom. The average molecular weight is 525 g/mol. The van der Waals surface area contributed by atoms with Crippen LogP contribution in [0.3, 0.4) is 0 Å². The summed E-state index contributed by atoms with van der Waals surface area (Å²) in [6, 6.07) is 4.58. The lowest BCUT2D eigenvalue weighted by molar-refractivity contribution is -0.124. The van der Waals surface area contributed by atoms with Crippen LogP contribution in [0.4, 0.5) is 19.4 Å². The number of morpholine rings is 1. The van der Waals surface area contributed by atoms with Gasteiger partial charge in [0, 0.05) is 25.2 Å². The van der Waals surface area contributed by atoms with Crippen molar-refractivity contribution in [2.24, 2.45) is 0 Å². The number of rotatable bonds is 5. The van der Waals surface area contributed by atoms with Crippen LogP contribution in [0.15, 0.2) is 41.0 Å². The lowest BCUT2D eigenvalue weighted by atomic mass is 9.91. The third-order valence-corrected chi connectivity index (χ3v) is 6.95. The van der Waals surface area contributed by atoms with Gasteiger partial charge in [-0.25, -0.2) is 18.6 Å². The number of pyridine rings is 1. The lowest BCUT2D eigenvalue weighted by Crippen LogP contribution is -2.50. The van der Waals surface area contributed by atoms with Crippen LogP contribution in [-0.2, 0) is 21.6 Å². The standard InChI is InChI=1S/C25H21F2N5O6/c1-12(32-11-13-3-4-16(36-2)20(27)19(13)22(32)33)25(23(34)29-24(35)30-25)18-10-15-17(38-18)9-14(26)21(28-15)31-5-7-37-8-6-31/h3-4,9-10H,1,5-8,11H2,2H3,(H2,29,30,34,35). The first-order valence-electron chi connectivity index (χ1n) is 11.7. The van der Waals surface area contributed by atoms with E-state index in [1.54, 1.807) is 4.90 Å². The molecule has 196 valence electrons. The summed E-state index contributed by atoms with van der Waals surface area (Å²) in [4.78, 5) is 46.1. The number of carbonyl (C=O) groups is 3. The van der Waals surface area contributed by atoms with E-state index in [1.165, 1.54) is 25.3 Å². The molecule has 1 unspecified atom stereocenters. The zero-order valence-corrected chi connectivity index (χ0v) is 20.1. The molecule has 1 aromatic carbocycles. The zero-order chi connectivity index (χ0) is 26.8. The second kappa shape index (κ2) is 8.52. The lowest BCUT2D eigenvalue weighted by Gasteiger charge is -2.31. The predicted octanol–water partition coefficient (Wildman–Crippen LogP) is 2.16. The van der Waals surface area contributed by atoms with Crippen LogP contribution < -0.4 is 20.3 Å². The molecule has 5 heterocycles. The van der Waals surface area contributed by atoms with Crippen LogP contribution in [0.5, 0.6) is 5.75 Å². The molecule has 3 aliphatic rings. The highest BCUT2D eigenvalue weighted by Gasteiger charge is 2.56. The van der Waals surface area contributed by atoms with E-state index in [0.717, 1.165) is 11.0 Å². The first-order valence-corrected chi connectivity index (χ1v) is 11.7. The summed E-state index contributed by atoms with van der Waals surface area (Å²) in [6.07, 6.45) is 0. The number of ether oxygens (including phenoxy) is 2. The first-order chi connectivity index (χ1) is 18.2. The van der Waals surface area contributed by atoms with Gasteiger partial charge in [-0.3, -0.25) is 14.9 Å². The number of furan rings is 1. The summed E-state index contributed by atoms with van der Waals surface area (Å²) >= 11 is 0. The van der Waals surface area contributed by atoms with Crippen LogP contribution in [0.25, 0.3) is 11.1 Å². The maximum atomic E-state index is 15.0. The van der Waals surface area contributed by atoms with E-state index in [4.69, 9.17) is 13.9 Å². The largest absolute Gasteiger partial charge is 0.494 e. The maximum absolute atomic E-state index is 15.0. The fraction of sp³-hybridized carbons (Fsp3) is 0.280. The molecular formula is C25H21F2N5O6. The number of anilines is 1. The van der Waals surface area contributed by atoms with Crippen molar-refractivity contribution in [2.45, 2.75) is 12.1 Å². The van der Waals surface area contributed by atoms with E-state index in [-0.39, 0.29) is 46.2 Å². The number of amides is 4. The number of nitrogens with zero attached hydrogens (tertiary/aromatic N) is 3. The van der Waals surface area contributed by atoms with Crippen LogP contribution in [0.1, 0.15) is 21.7 Å². The van der Waals surface area contributed by atoms with Crippen molar-refractivity contribution in [3.63, 3.8) is 0 Å². The number of nitrogens with one attached hydrogen (secondary N) is 2. The molecule has 0 bridgehead atoms. The summed E-state index contributed by atoms with van der Waals surface area (Å²) in [7, 11) is 1.28. The van der Waals surface area contributed by atoms with Gasteiger partial charge in [0.2, 0.25) is 5.54 Å². The van der Waals surface area contributed by atoms with Crippen molar-refractivity contribution >= 4 is 34.8 Å². The molecule has 4 amide bonds. The number of urea groups is 1. The van der Waals surface area contributed by atoms with Gasteiger partial charge in [-0.2, -0.15) is 0 Å². The monoisotopic (exact) mass is 525 g/mol.